The monoisotopic (exact) mass is 380 g/mol. The third-order valence-corrected chi connectivity index (χ3v) is 5.39. The molecule has 4 rings (SSSR count). The number of carbonyl (C=O) groups excluding carboxylic acids is 1. The maximum atomic E-state index is 13.1. The molecule has 0 saturated carbocycles. The van der Waals surface area contributed by atoms with Crippen LogP contribution in [-0.2, 0) is 0 Å². The van der Waals surface area contributed by atoms with E-state index in [1.807, 2.05) is 37.3 Å². The molecule has 1 atom stereocenters. The minimum absolute atomic E-state index is 0.0592. The van der Waals surface area contributed by atoms with E-state index >= 15 is 0 Å². The normalized spacial score (nSPS) is 19.4. The Hall–Kier alpha value is -2.66. The Labute approximate surface area is 165 Å². The molecule has 0 bridgehead atoms. The molecule has 2 aliphatic rings. The van der Waals surface area contributed by atoms with E-state index in [4.69, 9.17) is 4.74 Å². The van der Waals surface area contributed by atoms with E-state index < -0.39 is 0 Å². The first-order chi connectivity index (χ1) is 13.6. The van der Waals surface area contributed by atoms with Crippen LogP contribution in [0, 0.1) is 12.7 Å². The van der Waals surface area contributed by atoms with Crippen LogP contribution < -0.4 is 10.1 Å². The summed E-state index contributed by atoms with van der Waals surface area (Å²) < 4.78 is 19.0. The number of fused-ring (bicyclic) bond motifs is 1. The number of carbonyl (C=O) groups is 1. The number of nitrogens with zero attached hydrogens (tertiary/aromatic N) is 1. The largest absolute Gasteiger partial charge is 0.470 e. The van der Waals surface area contributed by atoms with Crippen molar-refractivity contribution < 1.29 is 13.9 Å². The van der Waals surface area contributed by atoms with Gasteiger partial charge in [-0.1, -0.05) is 24.3 Å². The molecule has 1 N–H and O–H groups in total. The summed E-state index contributed by atoms with van der Waals surface area (Å²) in [6.07, 6.45) is 4.66. The van der Waals surface area contributed by atoms with Crippen LogP contribution >= 0.6 is 0 Å². The van der Waals surface area contributed by atoms with Gasteiger partial charge in [0.15, 0.2) is 6.23 Å². The van der Waals surface area contributed by atoms with Crippen LogP contribution in [0.2, 0.25) is 0 Å². The van der Waals surface area contributed by atoms with Gasteiger partial charge in [0, 0.05) is 19.5 Å². The molecule has 0 fully saturated rings. The lowest BCUT2D eigenvalue weighted by Crippen LogP contribution is -2.43. The van der Waals surface area contributed by atoms with Gasteiger partial charge in [0.25, 0.3) is 5.91 Å². The second-order valence-corrected chi connectivity index (χ2v) is 7.51. The topological polar surface area (TPSA) is 41.6 Å². The number of amides is 1. The molecule has 0 radical (unpaired) electrons. The van der Waals surface area contributed by atoms with E-state index in [0.717, 1.165) is 50.0 Å². The van der Waals surface area contributed by atoms with E-state index in [1.165, 1.54) is 17.7 Å². The molecule has 2 aromatic carbocycles. The zero-order chi connectivity index (χ0) is 19.5. The molecule has 2 aliphatic heterocycles. The van der Waals surface area contributed by atoms with E-state index in [9.17, 15) is 9.18 Å². The minimum Gasteiger partial charge on any atom is -0.470 e. The second-order valence-electron chi connectivity index (χ2n) is 7.51. The van der Waals surface area contributed by atoms with Crippen LogP contribution in [0.25, 0.3) is 5.57 Å². The van der Waals surface area contributed by atoms with E-state index in [1.54, 1.807) is 0 Å². The van der Waals surface area contributed by atoms with Crippen molar-refractivity contribution in [2.75, 3.05) is 19.6 Å². The highest BCUT2D eigenvalue weighted by molar-refractivity contribution is 5.98. The number of halogens is 1. The molecule has 2 aromatic rings. The minimum atomic E-state index is -0.267. The van der Waals surface area contributed by atoms with Crippen molar-refractivity contribution in [3.63, 3.8) is 0 Å². The Balaban J connectivity index is 1.26. The van der Waals surface area contributed by atoms with Crippen molar-refractivity contribution in [1.82, 2.24) is 10.2 Å². The summed E-state index contributed by atoms with van der Waals surface area (Å²) in [6, 6.07) is 12.4. The van der Waals surface area contributed by atoms with Crippen molar-refractivity contribution in [3.8, 4) is 5.75 Å². The van der Waals surface area contributed by atoms with Crippen LogP contribution in [-0.4, -0.2) is 36.7 Å². The Morgan fingerprint density at radius 1 is 1.21 bits per heavy atom. The van der Waals surface area contributed by atoms with E-state index in [0.29, 0.717) is 11.3 Å². The molecule has 2 heterocycles. The SMILES string of the molecule is Cc1ccc2c(c1)OC(CCCN1CC=C(c3ccc(F)cc3)CC1)NC2=O. The van der Waals surface area contributed by atoms with Gasteiger partial charge in [0.05, 0.1) is 5.56 Å². The highest BCUT2D eigenvalue weighted by Gasteiger charge is 2.25. The molecule has 0 saturated heterocycles. The Kier molecular flexibility index (Phi) is 5.44. The van der Waals surface area contributed by atoms with Crippen LogP contribution in [0.1, 0.15) is 40.7 Å². The summed E-state index contributed by atoms with van der Waals surface area (Å²) >= 11 is 0. The predicted molar refractivity (Wildman–Crippen MR) is 108 cm³/mol. The molecular weight excluding hydrogens is 355 g/mol. The van der Waals surface area contributed by atoms with Gasteiger partial charge in [-0.25, -0.2) is 4.39 Å². The fourth-order valence-corrected chi connectivity index (χ4v) is 3.79. The van der Waals surface area contributed by atoms with Crippen molar-refractivity contribution in [1.29, 1.82) is 0 Å². The summed E-state index contributed by atoms with van der Waals surface area (Å²) in [6.45, 7) is 4.84. The first-order valence-electron chi connectivity index (χ1n) is 9.84. The second kappa shape index (κ2) is 8.15. The van der Waals surface area contributed by atoms with Gasteiger partial charge in [0.2, 0.25) is 0 Å². The predicted octanol–water partition coefficient (Wildman–Crippen LogP) is 4.15. The van der Waals surface area contributed by atoms with Crippen LogP contribution in [0.5, 0.6) is 5.75 Å². The molecule has 1 unspecified atom stereocenters. The Morgan fingerprint density at radius 2 is 2.04 bits per heavy atom. The lowest BCUT2D eigenvalue weighted by atomic mass is 9.99. The van der Waals surface area contributed by atoms with Gasteiger partial charge >= 0.3 is 0 Å². The number of hydrogen-bond acceptors (Lipinski definition) is 3. The molecule has 4 nitrogen and oxygen atoms in total. The van der Waals surface area contributed by atoms with Crippen LogP contribution in [0.4, 0.5) is 4.39 Å². The molecule has 0 spiro atoms. The van der Waals surface area contributed by atoms with Crippen LogP contribution in [0.15, 0.2) is 48.5 Å². The first-order valence-corrected chi connectivity index (χ1v) is 9.84. The molecule has 0 aromatic heterocycles. The number of hydrogen-bond donors (Lipinski definition) is 1. The number of rotatable bonds is 5. The van der Waals surface area contributed by atoms with Crippen LogP contribution in [0.3, 0.4) is 0 Å². The molecule has 0 aliphatic carbocycles. The van der Waals surface area contributed by atoms with Gasteiger partial charge in [-0.3, -0.25) is 9.69 Å². The molecule has 146 valence electrons. The number of nitrogens with one attached hydrogen (secondary N) is 1. The lowest BCUT2D eigenvalue weighted by molar-refractivity contribution is 0.0728. The third-order valence-electron chi connectivity index (χ3n) is 5.39. The first kappa shape index (κ1) is 18.7. The standard InChI is InChI=1S/C23H25FN2O2/c1-16-4-9-20-21(15-16)28-22(25-23(20)27)3-2-12-26-13-10-18(11-14-26)17-5-7-19(24)8-6-17/h4-10,15,22H,2-3,11-14H2,1H3,(H,25,27). The zero-order valence-corrected chi connectivity index (χ0v) is 16.1. The molecule has 5 heteroatoms. The summed E-state index contributed by atoms with van der Waals surface area (Å²) in [5, 5.41) is 2.94. The van der Waals surface area contributed by atoms with Gasteiger partial charge in [-0.05, 0) is 67.3 Å². The summed E-state index contributed by atoms with van der Waals surface area (Å²) in [4.78, 5) is 14.6. The maximum Gasteiger partial charge on any atom is 0.257 e. The summed E-state index contributed by atoms with van der Waals surface area (Å²) in [5.41, 5.74) is 4.08. The average molecular weight is 380 g/mol. The van der Waals surface area contributed by atoms with Gasteiger partial charge in [-0.15, -0.1) is 0 Å². The summed E-state index contributed by atoms with van der Waals surface area (Å²) in [7, 11) is 0. The smallest absolute Gasteiger partial charge is 0.257 e. The third kappa shape index (κ3) is 4.25. The fraction of sp³-hybridized carbons (Fsp3) is 0.348. The number of ether oxygens (including phenoxy) is 1. The number of benzene rings is 2. The van der Waals surface area contributed by atoms with Crippen molar-refractivity contribution in [2.24, 2.45) is 0 Å². The Morgan fingerprint density at radius 3 is 2.79 bits per heavy atom. The maximum absolute atomic E-state index is 13.1. The molecular formula is C23H25FN2O2. The average Bonchev–Trinajstić information content (AvgIpc) is 2.69. The van der Waals surface area contributed by atoms with Gasteiger partial charge in [0.1, 0.15) is 11.6 Å². The number of aryl methyl sites for hydroxylation is 1. The quantitative estimate of drug-likeness (QED) is 0.847. The lowest BCUT2D eigenvalue weighted by Gasteiger charge is -2.29. The van der Waals surface area contributed by atoms with Crippen molar-refractivity contribution in [3.05, 3.63) is 71.0 Å². The molecule has 1 amide bonds. The van der Waals surface area contributed by atoms with Gasteiger partial charge < -0.3 is 10.1 Å². The highest BCUT2D eigenvalue weighted by atomic mass is 19.1. The zero-order valence-electron chi connectivity index (χ0n) is 16.1. The van der Waals surface area contributed by atoms with E-state index in [-0.39, 0.29) is 18.0 Å². The highest BCUT2D eigenvalue weighted by Crippen LogP contribution is 2.26. The van der Waals surface area contributed by atoms with Gasteiger partial charge in [-0.2, -0.15) is 0 Å². The Bertz CT molecular complexity index is 892. The van der Waals surface area contributed by atoms with Crippen molar-refractivity contribution >= 4 is 11.5 Å². The molecule has 28 heavy (non-hydrogen) atoms. The summed E-state index contributed by atoms with van der Waals surface area (Å²) in [5.74, 6) is 0.422. The fourth-order valence-electron chi connectivity index (χ4n) is 3.79. The van der Waals surface area contributed by atoms with E-state index in [2.05, 4.69) is 16.3 Å². The van der Waals surface area contributed by atoms with Crippen molar-refractivity contribution in [2.45, 2.75) is 32.4 Å².